The first kappa shape index (κ1) is 15.2. The molecule has 0 radical (unpaired) electrons. The zero-order valence-corrected chi connectivity index (χ0v) is 13.0. The molecule has 2 nitrogen and oxygen atoms in total. The minimum absolute atomic E-state index is 0.720. The predicted molar refractivity (Wildman–Crippen MR) is 86.9 cm³/mol. The standard InChI is InChI=1S/C16H18ClNOS/c1-19-16-9-5-8-15(17)14(16)12-18-10-11-20-13-6-3-2-4-7-13/h2-9,18H,10-12H2,1H3. The van der Waals surface area contributed by atoms with E-state index in [0.29, 0.717) is 0 Å². The number of benzene rings is 2. The molecule has 2 aromatic rings. The van der Waals surface area contributed by atoms with E-state index in [1.54, 1.807) is 7.11 Å². The molecular weight excluding hydrogens is 290 g/mol. The molecule has 0 atom stereocenters. The molecule has 0 heterocycles. The van der Waals surface area contributed by atoms with Gasteiger partial charge in [0.05, 0.1) is 7.11 Å². The molecular formula is C16H18ClNOS. The number of hydrogen-bond donors (Lipinski definition) is 1. The minimum atomic E-state index is 0.720. The van der Waals surface area contributed by atoms with Gasteiger partial charge in [-0.05, 0) is 24.3 Å². The highest BCUT2D eigenvalue weighted by Gasteiger charge is 2.06. The minimum Gasteiger partial charge on any atom is -0.496 e. The molecule has 106 valence electrons. The number of thioether (sulfide) groups is 1. The molecule has 2 rings (SSSR count). The second-order valence-corrected chi connectivity index (χ2v) is 5.83. The van der Waals surface area contributed by atoms with E-state index in [1.165, 1.54) is 4.90 Å². The van der Waals surface area contributed by atoms with Gasteiger partial charge < -0.3 is 10.1 Å². The van der Waals surface area contributed by atoms with Gasteiger partial charge >= 0.3 is 0 Å². The van der Waals surface area contributed by atoms with Crippen LogP contribution in [-0.4, -0.2) is 19.4 Å². The van der Waals surface area contributed by atoms with Gasteiger partial charge in [0.25, 0.3) is 0 Å². The highest BCUT2D eigenvalue weighted by Crippen LogP contribution is 2.25. The van der Waals surface area contributed by atoms with Crippen molar-refractivity contribution in [2.45, 2.75) is 11.4 Å². The summed E-state index contributed by atoms with van der Waals surface area (Å²) in [5.74, 6) is 1.86. The lowest BCUT2D eigenvalue weighted by Gasteiger charge is -2.11. The summed E-state index contributed by atoms with van der Waals surface area (Å²) in [7, 11) is 1.67. The number of halogens is 1. The maximum Gasteiger partial charge on any atom is 0.124 e. The van der Waals surface area contributed by atoms with Crippen molar-refractivity contribution in [1.29, 1.82) is 0 Å². The molecule has 0 unspecified atom stereocenters. The first-order valence-electron chi connectivity index (χ1n) is 6.51. The molecule has 0 saturated carbocycles. The lowest BCUT2D eigenvalue weighted by Crippen LogP contribution is -2.17. The number of methoxy groups -OCH3 is 1. The van der Waals surface area contributed by atoms with Crippen molar-refractivity contribution in [3.05, 3.63) is 59.1 Å². The summed E-state index contributed by atoms with van der Waals surface area (Å²) in [6, 6.07) is 16.1. The van der Waals surface area contributed by atoms with E-state index in [0.717, 1.165) is 35.2 Å². The average molecular weight is 308 g/mol. The fourth-order valence-corrected chi connectivity index (χ4v) is 2.94. The SMILES string of the molecule is COc1cccc(Cl)c1CNCCSc1ccccc1. The first-order valence-corrected chi connectivity index (χ1v) is 7.87. The molecule has 0 aliphatic heterocycles. The van der Waals surface area contributed by atoms with Crippen molar-refractivity contribution in [3.63, 3.8) is 0 Å². The van der Waals surface area contributed by atoms with Crippen LogP contribution in [0, 0.1) is 0 Å². The first-order chi connectivity index (χ1) is 9.81. The molecule has 4 heteroatoms. The number of ether oxygens (including phenoxy) is 1. The fraction of sp³-hybridized carbons (Fsp3) is 0.250. The van der Waals surface area contributed by atoms with Crippen LogP contribution in [0.4, 0.5) is 0 Å². The van der Waals surface area contributed by atoms with Gasteiger partial charge in [0.15, 0.2) is 0 Å². The van der Waals surface area contributed by atoms with Gasteiger partial charge in [-0.1, -0.05) is 35.9 Å². The van der Waals surface area contributed by atoms with Crippen LogP contribution >= 0.6 is 23.4 Å². The van der Waals surface area contributed by atoms with E-state index in [1.807, 2.05) is 36.0 Å². The monoisotopic (exact) mass is 307 g/mol. The third-order valence-corrected chi connectivity index (χ3v) is 4.26. The van der Waals surface area contributed by atoms with Crippen LogP contribution in [0.15, 0.2) is 53.4 Å². The number of rotatable bonds is 7. The van der Waals surface area contributed by atoms with E-state index >= 15 is 0 Å². The molecule has 0 spiro atoms. The van der Waals surface area contributed by atoms with E-state index in [4.69, 9.17) is 16.3 Å². The Hall–Kier alpha value is -1.16. The van der Waals surface area contributed by atoms with E-state index in [9.17, 15) is 0 Å². The molecule has 0 aliphatic carbocycles. The molecule has 1 N–H and O–H groups in total. The van der Waals surface area contributed by atoms with Crippen molar-refractivity contribution < 1.29 is 4.74 Å². The molecule has 0 saturated heterocycles. The maximum absolute atomic E-state index is 6.19. The largest absolute Gasteiger partial charge is 0.496 e. The summed E-state index contributed by atoms with van der Waals surface area (Å²) in [6.07, 6.45) is 0. The third-order valence-electron chi connectivity index (χ3n) is 2.89. The van der Waals surface area contributed by atoms with Crippen molar-refractivity contribution in [1.82, 2.24) is 5.32 Å². The summed E-state index contributed by atoms with van der Waals surface area (Å²) in [4.78, 5) is 1.30. The van der Waals surface area contributed by atoms with Gasteiger partial charge in [-0.3, -0.25) is 0 Å². The van der Waals surface area contributed by atoms with Crippen molar-refractivity contribution >= 4 is 23.4 Å². The van der Waals surface area contributed by atoms with Gasteiger partial charge in [0.2, 0.25) is 0 Å². The summed E-state index contributed by atoms with van der Waals surface area (Å²) in [5, 5.41) is 4.15. The van der Waals surface area contributed by atoms with Crippen LogP contribution in [0.25, 0.3) is 0 Å². The van der Waals surface area contributed by atoms with E-state index in [2.05, 4.69) is 29.6 Å². The summed E-state index contributed by atoms with van der Waals surface area (Å²) >= 11 is 8.03. The van der Waals surface area contributed by atoms with E-state index < -0.39 is 0 Å². The Bertz CT molecular complexity index is 533. The summed E-state index contributed by atoms with van der Waals surface area (Å²) in [6.45, 7) is 1.64. The number of hydrogen-bond acceptors (Lipinski definition) is 3. The smallest absolute Gasteiger partial charge is 0.124 e. The molecule has 2 aromatic carbocycles. The predicted octanol–water partition coefficient (Wildman–Crippen LogP) is 4.23. The van der Waals surface area contributed by atoms with Gasteiger partial charge in [-0.15, -0.1) is 11.8 Å². The Kier molecular flexibility index (Phi) is 6.25. The number of nitrogens with one attached hydrogen (secondary N) is 1. The van der Waals surface area contributed by atoms with Crippen molar-refractivity contribution in [2.24, 2.45) is 0 Å². The zero-order valence-electron chi connectivity index (χ0n) is 11.4. The lowest BCUT2D eigenvalue weighted by molar-refractivity contribution is 0.408. The Balaban J connectivity index is 1.76. The molecule has 0 bridgehead atoms. The molecule has 0 amide bonds. The van der Waals surface area contributed by atoms with Crippen LogP contribution in [0.5, 0.6) is 5.75 Å². The summed E-state index contributed by atoms with van der Waals surface area (Å²) in [5.41, 5.74) is 1.02. The van der Waals surface area contributed by atoms with Crippen LogP contribution in [0.3, 0.4) is 0 Å². The Morgan fingerprint density at radius 3 is 2.65 bits per heavy atom. The Morgan fingerprint density at radius 1 is 1.10 bits per heavy atom. The van der Waals surface area contributed by atoms with Crippen molar-refractivity contribution in [3.8, 4) is 5.75 Å². The van der Waals surface area contributed by atoms with Crippen LogP contribution < -0.4 is 10.1 Å². The van der Waals surface area contributed by atoms with Gasteiger partial charge in [-0.2, -0.15) is 0 Å². The zero-order chi connectivity index (χ0) is 14.2. The van der Waals surface area contributed by atoms with Crippen molar-refractivity contribution in [2.75, 3.05) is 19.4 Å². The maximum atomic E-state index is 6.19. The van der Waals surface area contributed by atoms with Crippen LogP contribution in [0.2, 0.25) is 5.02 Å². The lowest BCUT2D eigenvalue weighted by atomic mass is 10.2. The van der Waals surface area contributed by atoms with Gasteiger partial charge in [0.1, 0.15) is 5.75 Å². The highest BCUT2D eigenvalue weighted by molar-refractivity contribution is 7.99. The molecule has 0 fully saturated rings. The van der Waals surface area contributed by atoms with Crippen LogP contribution in [0.1, 0.15) is 5.56 Å². The average Bonchev–Trinajstić information content (AvgIpc) is 2.49. The van der Waals surface area contributed by atoms with Crippen LogP contribution in [-0.2, 0) is 6.54 Å². The second-order valence-electron chi connectivity index (χ2n) is 4.26. The Morgan fingerprint density at radius 2 is 1.90 bits per heavy atom. The molecule has 20 heavy (non-hydrogen) atoms. The highest BCUT2D eigenvalue weighted by atomic mass is 35.5. The van der Waals surface area contributed by atoms with Gasteiger partial charge in [-0.25, -0.2) is 0 Å². The molecule has 0 aromatic heterocycles. The topological polar surface area (TPSA) is 21.3 Å². The summed E-state index contributed by atoms with van der Waals surface area (Å²) < 4.78 is 5.32. The van der Waals surface area contributed by atoms with Gasteiger partial charge in [0, 0.05) is 34.3 Å². The third kappa shape index (κ3) is 4.44. The second kappa shape index (κ2) is 8.20. The normalized spacial score (nSPS) is 10.5. The molecule has 0 aliphatic rings. The quantitative estimate of drug-likeness (QED) is 0.611. The van der Waals surface area contributed by atoms with E-state index in [-0.39, 0.29) is 0 Å². The fourth-order valence-electron chi connectivity index (χ4n) is 1.87. The Labute approximate surface area is 129 Å².